The van der Waals surface area contributed by atoms with Crippen molar-refractivity contribution in [2.24, 2.45) is 5.73 Å². The Bertz CT molecular complexity index is 424. The highest BCUT2D eigenvalue weighted by Gasteiger charge is 2.13. The first-order valence-electron chi connectivity index (χ1n) is 7.35. The molecule has 0 fully saturated rings. The molecule has 0 aromatic heterocycles. The van der Waals surface area contributed by atoms with Gasteiger partial charge in [-0.3, -0.25) is 4.79 Å². The predicted octanol–water partition coefficient (Wildman–Crippen LogP) is 1.59. The fraction of sp³-hybridized carbons (Fsp3) is 0.562. The van der Waals surface area contributed by atoms with Crippen LogP contribution in [-0.2, 0) is 27.4 Å². The lowest BCUT2D eigenvalue weighted by molar-refractivity contribution is -0.122. The molecule has 0 bridgehead atoms. The van der Waals surface area contributed by atoms with Crippen LogP contribution in [0.1, 0.15) is 30.9 Å². The van der Waals surface area contributed by atoms with Crippen LogP contribution in [0.2, 0.25) is 0 Å². The van der Waals surface area contributed by atoms with E-state index in [9.17, 15) is 4.79 Å². The van der Waals surface area contributed by atoms with Crippen LogP contribution in [0.4, 0.5) is 0 Å². The SMILES string of the molecule is CCOCc1ccccc1CNC(=O)C(N)CCCOC. The second-order valence-corrected chi connectivity index (χ2v) is 4.87. The molecule has 0 aliphatic rings. The van der Waals surface area contributed by atoms with E-state index < -0.39 is 6.04 Å². The van der Waals surface area contributed by atoms with Crippen LogP contribution >= 0.6 is 0 Å². The van der Waals surface area contributed by atoms with Gasteiger partial charge in [-0.15, -0.1) is 0 Å². The molecular weight excluding hydrogens is 268 g/mol. The van der Waals surface area contributed by atoms with Crippen LogP contribution in [0, 0.1) is 0 Å². The molecule has 1 rings (SSSR count). The molecule has 0 aliphatic heterocycles. The largest absolute Gasteiger partial charge is 0.385 e. The van der Waals surface area contributed by atoms with Crippen molar-refractivity contribution in [2.75, 3.05) is 20.3 Å². The molecule has 118 valence electrons. The maximum Gasteiger partial charge on any atom is 0.237 e. The molecule has 0 aliphatic carbocycles. The van der Waals surface area contributed by atoms with Gasteiger partial charge in [0.15, 0.2) is 0 Å². The minimum absolute atomic E-state index is 0.127. The number of hydrogen-bond donors (Lipinski definition) is 2. The molecule has 5 nitrogen and oxygen atoms in total. The summed E-state index contributed by atoms with van der Waals surface area (Å²) in [4.78, 5) is 11.9. The van der Waals surface area contributed by atoms with Crippen molar-refractivity contribution in [1.29, 1.82) is 0 Å². The van der Waals surface area contributed by atoms with E-state index in [0.717, 1.165) is 17.5 Å². The minimum Gasteiger partial charge on any atom is -0.385 e. The van der Waals surface area contributed by atoms with Crippen LogP contribution in [0.15, 0.2) is 24.3 Å². The summed E-state index contributed by atoms with van der Waals surface area (Å²) < 4.78 is 10.4. The molecule has 0 spiro atoms. The molecule has 1 aromatic rings. The van der Waals surface area contributed by atoms with Gasteiger partial charge in [-0.25, -0.2) is 0 Å². The fourth-order valence-corrected chi connectivity index (χ4v) is 1.97. The lowest BCUT2D eigenvalue weighted by atomic mass is 10.1. The Balaban J connectivity index is 2.45. The maximum atomic E-state index is 11.9. The summed E-state index contributed by atoms with van der Waals surface area (Å²) in [5, 5.41) is 2.88. The quantitative estimate of drug-likeness (QED) is 0.643. The van der Waals surface area contributed by atoms with Gasteiger partial charge in [0.1, 0.15) is 0 Å². The normalized spacial score (nSPS) is 12.1. The molecule has 5 heteroatoms. The number of benzene rings is 1. The van der Waals surface area contributed by atoms with Gasteiger partial charge < -0.3 is 20.5 Å². The van der Waals surface area contributed by atoms with Crippen molar-refractivity contribution in [3.8, 4) is 0 Å². The molecule has 1 atom stereocenters. The lowest BCUT2D eigenvalue weighted by Crippen LogP contribution is -2.40. The zero-order valence-corrected chi connectivity index (χ0v) is 12.9. The summed E-state index contributed by atoms with van der Waals surface area (Å²) >= 11 is 0. The van der Waals surface area contributed by atoms with Gasteiger partial charge in [0.05, 0.1) is 12.6 Å². The van der Waals surface area contributed by atoms with Crippen molar-refractivity contribution in [1.82, 2.24) is 5.32 Å². The summed E-state index contributed by atoms with van der Waals surface area (Å²) in [6.07, 6.45) is 1.41. The third-order valence-corrected chi connectivity index (χ3v) is 3.23. The topological polar surface area (TPSA) is 73.6 Å². The van der Waals surface area contributed by atoms with Gasteiger partial charge in [-0.05, 0) is 30.9 Å². The Morgan fingerprint density at radius 2 is 2.05 bits per heavy atom. The molecular formula is C16H26N2O3. The first-order chi connectivity index (χ1) is 10.2. The molecule has 3 N–H and O–H groups in total. The number of carbonyl (C=O) groups excluding carboxylic acids is 1. The molecule has 21 heavy (non-hydrogen) atoms. The second-order valence-electron chi connectivity index (χ2n) is 4.87. The molecule has 0 saturated heterocycles. The molecule has 0 heterocycles. The van der Waals surface area contributed by atoms with E-state index in [-0.39, 0.29) is 5.91 Å². The van der Waals surface area contributed by atoms with Crippen LogP contribution in [0.25, 0.3) is 0 Å². The number of rotatable bonds is 10. The van der Waals surface area contributed by atoms with E-state index in [4.69, 9.17) is 15.2 Å². The Hall–Kier alpha value is -1.43. The average molecular weight is 294 g/mol. The average Bonchev–Trinajstić information content (AvgIpc) is 2.51. The van der Waals surface area contributed by atoms with Crippen molar-refractivity contribution in [2.45, 2.75) is 39.0 Å². The van der Waals surface area contributed by atoms with Crippen molar-refractivity contribution >= 4 is 5.91 Å². The van der Waals surface area contributed by atoms with Gasteiger partial charge in [0, 0.05) is 26.9 Å². The van der Waals surface area contributed by atoms with Crippen LogP contribution in [0.5, 0.6) is 0 Å². The van der Waals surface area contributed by atoms with Crippen LogP contribution in [0.3, 0.4) is 0 Å². The third-order valence-electron chi connectivity index (χ3n) is 3.23. The monoisotopic (exact) mass is 294 g/mol. The number of methoxy groups -OCH3 is 1. The lowest BCUT2D eigenvalue weighted by Gasteiger charge is -2.14. The number of ether oxygens (including phenoxy) is 2. The smallest absolute Gasteiger partial charge is 0.237 e. The number of amides is 1. The third kappa shape index (κ3) is 6.71. The molecule has 1 amide bonds. The Labute approximate surface area is 126 Å². The predicted molar refractivity (Wildman–Crippen MR) is 82.7 cm³/mol. The van der Waals surface area contributed by atoms with Crippen LogP contribution in [-0.4, -0.2) is 32.3 Å². The van der Waals surface area contributed by atoms with E-state index in [0.29, 0.717) is 32.8 Å². The zero-order valence-electron chi connectivity index (χ0n) is 12.9. The Kier molecular flexibility index (Phi) is 8.66. The Morgan fingerprint density at radius 3 is 2.71 bits per heavy atom. The molecule has 0 radical (unpaired) electrons. The van der Waals surface area contributed by atoms with Crippen molar-refractivity contribution in [3.05, 3.63) is 35.4 Å². The standard InChI is InChI=1S/C16H26N2O3/c1-3-21-12-14-8-5-4-7-13(14)11-18-16(19)15(17)9-6-10-20-2/h4-5,7-8,15H,3,6,9-12,17H2,1-2H3,(H,18,19). The number of nitrogens with two attached hydrogens (primary N) is 1. The number of nitrogens with one attached hydrogen (secondary N) is 1. The van der Waals surface area contributed by atoms with Gasteiger partial charge in [0.2, 0.25) is 5.91 Å². The summed E-state index contributed by atoms with van der Waals surface area (Å²) in [6, 6.07) is 7.44. The van der Waals surface area contributed by atoms with Crippen LogP contribution < -0.4 is 11.1 Å². The highest BCUT2D eigenvalue weighted by molar-refractivity contribution is 5.81. The van der Waals surface area contributed by atoms with Crippen molar-refractivity contribution < 1.29 is 14.3 Å². The molecule has 1 aromatic carbocycles. The maximum absolute atomic E-state index is 11.9. The highest BCUT2D eigenvalue weighted by atomic mass is 16.5. The molecule has 0 saturated carbocycles. The van der Waals surface area contributed by atoms with Gasteiger partial charge in [-0.2, -0.15) is 0 Å². The second kappa shape index (κ2) is 10.3. The van der Waals surface area contributed by atoms with E-state index in [1.807, 2.05) is 31.2 Å². The summed E-state index contributed by atoms with van der Waals surface area (Å²) in [5.74, 6) is -0.127. The van der Waals surface area contributed by atoms with E-state index in [1.165, 1.54) is 0 Å². The van der Waals surface area contributed by atoms with E-state index >= 15 is 0 Å². The fourth-order valence-electron chi connectivity index (χ4n) is 1.97. The van der Waals surface area contributed by atoms with E-state index in [1.54, 1.807) is 7.11 Å². The van der Waals surface area contributed by atoms with Gasteiger partial charge in [0.25, 0.3) is 0 Å². The Morgan fingerprint density at radius 1 is 1.33 bits per heavy atom. The highest BCUT2D eigenvalue weighted by Crippen LogP contribution is 2.10. The summed E-state index contributed by atoms with van der Waals surface area (Å²) in [7, 11) is 1.64. The van der Waals surface area contributed by atoms with Gasteiger partial charge >= 0.3 is 0 Å². The van der Waals surface area contributed by atoms with Gasteiger partial charge in [-0.1, -0.05) is 24.3 Å². The van der Waals surface area contributed by atoms with E-state index in [2.05, 4.69) is 5.32 Å². The summed E-state index contributed by atoms with van der Waals surface area (Å²) in [6.45, 7) is 4.29. The molecule has 1 unspecified atom stereocenters. The zero-order chi connectivity index (χ0) is 15.5. The minimum atomic E-state index is -0.487. The first kappa shape index (κ1) is 17.6. The first-order valence-corrected chi connectivity index (χ1v) is 7.35. The van der Waals surface area contributed by atoms with Crippen molar-refractivity contribution in [3.63, 3.8) is 0 Å². The number of carbonyl (C=O) groups is 1. The number of hydrogen-bond acceptors (Lipinski definition) is 4. The summed E-state index contributed by atoms with van der Waals surface area (Å²) in [5.41, 5.74) is 8.00.